The highest BCUT2D eigenvalue weighted by atomic mass is 32.1. The van der Waals surface area contributed by atoms with Crippen LogP contribution in [0.5, 0.6) is 0 Å². The number of rotatable bonds is 7. The Hall–Kier alpha value is -2.89. The van der Waals surface area contributed by atoms with Crippen LogP contribution in [-0.4, -0.2) is 4.98 Å². The normalized spacial score (nSPS) is 12.0. The Balaban J connectivity index is 1.44. The highest BCUT2D eigenvalue weighted by molar-refractivity contribution is 7.13. The maximum atomic E-state index is 5.67. The van der Waals surface area contributed by atoms with E-state index in [4.69, 9.17) is 9.40 Å². The molecule has 2 aromatic carbocycles. The molecule has 0 saturated carbocycles. The van der Waals surface area contributed by atoms with Gasteiger partial charge in [-0.05, 0) is 31.2 Å². The molecule has 27 heavy (non-hydrogen) atoms. The number of quaternary nitrogens is 1. The topological polar surface area (TPSA) is 54.7 Å². The number of nitrogens with zero attached hydrogens (tertiary/aromatic N) is 1. The molecule has 0 bridgehead atoms. The highest BCUT2D eigenvalue weighted by Gasteiger charge is 2.20. The van der Waals surface area contributed by atoms with Crippen molar-refractivity contribution >= 4 is 22.2 Å². The summed E-state index contributed by atoms with van der Waals surface area (Å²) >= 11 is 1.63. The molecule has 0 amide bonds. The van der Waals surface area contributed by atoms with Crippen molar-refractivity contribution in [2.75, 3.05) is 5.32 Å². The lowest BCUT2D eigenvalue weighted by Gasteiger charge is -2.13. The largest absolute Gasteiger partial charge is 0.463 e. The molecule has 4 aromatic rings. The molecule has 0 saturated heterocycles. The fourth-order valence-electron chi connectivity index (χ4n) is 3.00. The summed E-state index contributed by atoms with van der Waals surface area (Å²) in [6.45, 7) is 2.87. The first kappa shape index (κ1) is 17.5. The molecule has 1 atom stereocenters. The molecule has 5 heteroatoms. The number of thiazole rings is 1. The molecule has 4 rings (SSSR count). The van der Waals surface area contributed by atoms with Gasteiger partial charge in [-0.2, -0.15) is 0 Å². The smallest absolute Gasteiger partial charge is 0.187 e. The van der Waals surface area contributed by atoms with Gasteiger partial charge in [0.25, 0.3) is 0 Å². The van der Waals surface area contributed by atoms with E-state index in [1.165, 1.54) is 11.1 Å². The van der Waals surface area contributed by atoms with Gasteiger partial charge in [-0.1, -0.05) is 48.0 Å². The van der Waals surface area contributed by atoms with Crippen molar-refractivity contribution in [1.29, 1.82) is 0 Å². The maximum absolute atomic E-state index is 5.67. The second kappa shape index (κ2) is 8.20. The first-order valence-electron chi connectivity index (χ1n) is 8.98. The average molecular weight is 377 g/mol. The maximum Gasteiger partial charge on any atom is 0.187 e. The van der Waals surface area contributed by atoms with Crippen molar-refractivity contribution < 1.29 is 9.73 Å². The van der Waals surface area contributed by atoms with Crippen LogP contribution in [-0.2, 0) is 6.54 Å². The van der Waals surface area contributed by atoms with Crippen LogP contribution in [0.15, 0.2) is 82.8 Å². The van der Waals surface area contributed by atoms with E-state index in [2.05, 4.69) is 71.5 Å². The Morgan fingerprint density at radius 3 is 2.59 bits per heavy atom. The molecule has 0 fully saturated rings. The SMILES string of the molecule is Cc1ccc(Nc2nc(C[NH2+][C@@H](c3ccccc3)c3ccco3)cs2)cc1. The summed E-state index contributed by atoms with van der Waals surface area (Å²) in [4.78, 5) is 4.72. The predicted molar refractivity (Wildman–Crippen MR) is 109 cm³/mol. The Kier molecular flexibility index (Phi) is 5.32. The molecule has 0 radical (unpaired) electrons. The molecule has 0 unspecified atom stereocenters. The summed E-state index contributed by atoms with van der Waals surface area (Å²) in [5, 5.41) is 8.66. The number of aryl methyl sites for hydroxylation is 1. The van der Waals surface area contributed by atoms with Crippen LogP contribution >= 0.6 is 11.3 Å². The fourth-order valence-corrected chi connectivity index (χ4v) is 3.75. The van der Waals surface area contributed by atoms with Crippen LogP contribution in [0.2, 0.25) is 0 Å². The van der Waals surface area contributed by atoms with Crippen molar-refractivity contribution in [2.24, 2.45) is 0 Å². The van der Waals surface area contributed by atoms with Gasteiger partial charge in [0, 0.05) is 16.6 Å². The first-order valence-corrected chi connectivity index (χ1v) is 9.86. The minimum atomic E-state index is 0.122. The first-order chi connectivity index (χ1) is 13.3. The molecule has 0 aliphatic rings. The minimum absolute atomic E-state index is 0.122. The molecule has 0 aliphatic carbocycles. The third-order valence-electron chi connectivity index (χ3n) is 4.43. The highest BCUT2D eigenvalue weighted by Crippen LogP contribution is 2.22. The molecule has 4 nitrogen and oxygen atoms in total. The fraction of sp³-hybridized carbons (Fsp3) is 0.136. The van der Waals surface area contributed by atoms with Gasteiger partial charge in [0.2, 0.25) is 0 Å². The van der Waals surface area contributed by atoms with E-state index < -0.39 is 0 Å². The summed E-state index contributed by atoms with van der Waals surface area (Å²) in [7, 11) is 0. The van der Waals surface area contributed by atoms with Gasteiger partial charge < -0.3 is 15.1 Å². The van der Waals surface area contributed by atoms with Gasteiger partial charge in [0.05, 0.1) is 6.26 Å². The molecule has 2 aromatic heterocycles. The minimum Gasteiger partial charge on any atom is -0.463 e. The lowest BCUT2D eigenvalue weighted by molar-refractivity contribution is -0.704. The second-order valence-corrected chi connectivity index (χ2v) is 7.34. The molecular weight excluding hydrogens is 354 g/mol. The van der Waals surface area contributed by atoms with Crippen molar-refractivity contribution in [3.05, 3.63) is 101 Å². The Labute approximate surface area is 162 Å². The summed E-state index contributed by atoms with van der Waals surface area (Å²) in [5.74, 6) is 0.953. The van der Waals surface area contributed by atoms with Crippen LogP contribution in [0.3, 0.4) is 0 Å². The van der Waals surface area contributed by atoms with Crippen molar-refractivity contribution in [3.8, 4) is 0 Å². The number of aromatic nitrogens is 1. The molecule has 0 aliphatic heterocycles. The van der Waals surface area contributed by atoms with E-state index >= 15 is 0 Å². The number of hydrogen-bond donors (Lipinski definition) is 2. The Morgan fingerprint density at radius 2 is 1.85 bits per heavy atom. The predicted octanol–water partition coefficient (Wildman–Crippen LogP) is 4.64. The number of nitrogens with two attached hydrogens (primary N) is 1. The van der Waals surface area contributed by atoms with E-state index in [1.807, 2.05) is 18.2 Å². The zero-order chi connectivity index (χ0) is 18.5. The lowest BCUT2D eigenvalue weighted by Crippen LogP contribution is -2.83. The summed E-state index contributed by atoms with van der Waals surface area (Å²) < 4.78 is 5.67. The van der Waals surface area contributed by atoms with Gasteiger partial charge in [-0.3, -0.25) is 0 Å². The number of anilines is 2. The van der Waals surface area contributed by atoms with Crippen LogP contribution in [0.1, 0.15) is 28.6 Å². The van der Waals surface area contributed by atoms with Crippen LogP contribution < -0.4 is 10.6 Å². The molecular formula is C22H22N3OS+. The number of nitrogens with one attached hydrogen (secondary N) is 1. The van der Waals surface area contributed by atoms with E-state index in [1.54, 1.807) is 17.6 Å². The van der Waals surface area contributed by atoms with Crippen LogP contribution in [0.25, 0.3) is 0 Å². The average Bonchev–Trinajstić information content (AvgIpc) is 3.37. The van der Waals surface area contributed by atoms with E-state index in [-0.39, 0.29) is 6.04 Å². The standard InChI is InChI=1S/C22H21N3OS/c1-16-9-11-18(12-10-16)24-22-25-19(15-27-22)14-23-21(20-8-5-13-26-20)17-6-3-2-4-7-17/h2-13,15,21,23H,14H2,1H3,(H,24,25)/p+1/t21-/m0/s1. The van der Waals surface area contributed by atoms with Gasteiger partial charge in [-0.15, -0.1) is 11.3 Å². The molecule has 136 valence electrons. The van der Waals surface area contributed by atoms with Gasteiger partial charge >= 0.3 is 0 Å². The van der Waals surface area contributed by atoms with Crippen molar-refractivity contribution in [1.82, 2.24) is 4.98 Å². The summed E-state index contributed by atoms with van der Waals surface area (Å²) in [6, 6.07) is 22.8. The Bertz CT molecular complexity index is 962. The van der Waals surface area contributed by atoms with Gasteiger partial charge in [0.1, 0.15) is 12.2 Å². The third-order valence-corrected chi connectivity index (χ3v) is 5.23. The lowest BCUT2D eigenvalue weighted by atomic mass is 10.0. The third kappa shape index (κ3) is 4.45. The Morgan fingerprint density at radius 1 is 1.04 bits per heavy atom. The summed E-state index contributed by atoms with van der Waals surface area (Å²) in [6.07, 6.45) is 1.73. The number of hydrogen-bond acceptors (Lipinski definition) is 4. The molecule has 3 N–H and O–H groups in total. The number of furan rings is 1. The van der Waals surface area contributed by atoms with Crippen molar-refractivity contribution in [3.63, 3.8) is 0 Å². The van der Waals surface area contributed by atoms with Gasteiger partial charge in [-0.25, -0.2) is 4.98 Å². The van der Waals surface area contributed by atoms with Crippen molar-refractivity contribution in [2.45, 2.75) is 19.5 Å². The summed E-state index contributed by atoms with van der Waals surface area (Å²) in [5.41, 5.74) is 4.59. The number of benzene rings is 2. The second-order valence-electron chi connectivity index (χ2n) is 6.48. The molecule has 2 heterocycles. The van der Waals surface area contributed by atoms with Crippen LogP contribution in [0, 0.1) is 6.92 Å². The zero-order valence-corrected chi connectivity index (χ0v) is 15.9. The zero-order valence-electron chi connectivity index (χ0n) is 15.1. The monoisotopic (exact) mass is 376 g/mol. The van der Waals surface area contributed by atoms with E-state index in [9.17, 15) is 0 Å². The molecule has 0 spiro atoms. The quantitative estimate of drug-likeness (QED) is 0.494. The van der Waals surface area contributed by atoms with Crippen LogP contribution in [0.4, 0.5) is 10.8 Å². The van der Waals surface area contributed by atoms with E-state index in [0.29, 0.717) is 0 Å². The van der Waals surface area contributed by atoms with E-state index in [0.717, 1.165) is 28.8 Å². The van der Waals surface area contributed by atoms with Gasteiger partial charge in [0.15, 0.2) is 16.9 Å².